The van der Waals surface area contributed by atoms with Crippen LogP contribution in [0.15, 0.2) is 42.5 Å². The van der Waals surface area contributed by atoms with Crippen molar-refractivity contribution in [3.8, 4) is 0 Å². The Morgan fingerprint density at radius 2 is 1.62 bits per heavy atom. The third-order valence-corrected chi connectivity index (χ3v) is 3.87. The van der Waals surface area contributed by atoms with E-state index in [2.05, 4.69) is 87.5 Å². The second kappa shape index (κ2) is 6.77. The Labute approximate surface area is 128 Å². The van der Waals surface area contributed by atoms with Crippen LogP contribution in [0.5, 0.6) is 0 Å². The zero-order valence-corrected chi connectivity index (χ0v) is 13.8. The molecule has 0 fully saturated rings. The molecule has 0 amide bonds. The second-order valence-corrected chi connectivity index (χ2v) is 6.14. The summed E-state index contributed by atoms with van der Waals surface area (Å²) in [6.07, 6.45) is 0. The Kier molecular flexibility index (Phi) is 5.03. The Hall–Kier alpha value is -1.80. The van der Waals surface area contributed by atoms with Gasteiger partial charge in [-0.15, -0.1) is 0 Å². The molecular formula is C19H26N2. The number of anilines is 1. The van der Waals surface area contributed by atoms with E-state index in [0.717, 1.165) is 6.54 Å². The topological polar surface area (TPSA) is 15.3 Å². The molecule has 0 aromatic heterocycles. The molecule has 0 bridgehead atoms. The maximum Gasteiger partial charge on any atom is 0.0485 e. The van der Waals surface area contributed by atoms with Crippen LogP contribution in [0.3, 0.4) is 0 Å². The van der Waals surface area contributed by atoms with E-state index in [0.29, 0.717) is 6.04 Å². The number of benzene rings is 2. The summed E-state index contributed by atoms with van der Waals surface area (Å²) >= 11 is 0. The first kappa shape index (κ1) is 15.6. The van der Waals surface area contributed by atoms with E-state index in [1.165, 1.54) is 27.9 Å². The van der Waals surface area contributed by atoms with Gasteiger partial charge in [0.25, 0.3) is 0 Å². The van der Waals surface area contributed by atoms with Gasteiger partial charge < -0.3 is 10.2 Å². The molecule has 1 unspecified atom stereocenters. The van der Waals surface area contributed by atoms with E-state index >= 15 is 0 Å². The van der Waals surface area contributed by atoms with Gasteiger partial charge in [-0.1, -0.05) is 30.3 Å². The molecule has 2 rings (SSSR count). The van der Waals surface area contributed by atoms with Gasteiger partial charge in [-0.05, 0) is 69.3 Å². The van der Waals surface area contributed by atoms with Gasteiger partial charge in [-0.3, -0.25) is 0 Å². The summed E-state index contributed by atoms with van der Waals surface area (Å²) < 4.78 is 0. The fourth-order valence-electron chi connectivity index (χ4n) is 2.44. The monoisotopic (exact) mass is 282 g/mol. The lowest BCUT2D eigenvalue weighted by atomic mass is 10.0. The maximum atomic E-state index is 3.57. The first-order chi connectivity index (χ1) is 9.95. The van der Waals surface area contributed by atoms with Crippen LogP contribution < -0.4 is 5.32 Å². The zero-order chi connectivity index (χ0) is 15.4. The van der Waals surface area contributed by atoms with Crippen LogP contribution in [-0.2, 0) is 6.54 Å². The van der Waals surface area contributed by atoms with Crippen LogP contribution in [0.1, 0.15) is 35.2 Å². The summed E-state index contributed by atoms with van der Waals surface area (Å²) in [6.45, 7) is 7.51. The highest BCUT2D eigenvalue weighted by Gasteiger charge is 2.06. The maximum absolute atomic E-state index is 3.57. The van der Waals surface area contributed by atoms with Gasteiger partial charge in [0.1, 0.15) is 0 Å². The van der Waals surface area contributed by atoms with E-state index < -0.39 is 0 Å². The van der Waals surface area contributed by atoms with E-state index in [-0.39, 0.29) is 0 Å². The van der Waals surface area contributed by atoms with Crippen molar-refractivity contribution < 1.29 is 0 Å². The number of hydrogen-bond acceptors (Lipinski definition) is 2. The van der Waals surface area contributed by atoms with Crippen molar-refractivity contribution in [2.75, 3.05) is 19.4 Å². The number of rotatable bonds is 5. The van der Waals surface area contributed by atoms with Crippen LogP contribution in [0.4, 0.5) is 5.69 Å². The minimum absolute atomic E-state index is 0.309. The van der Waals surface area contributed by atoms with Gasteiger partial charge in [0.05, 0.1) is 0 Å². The minimum Gasteiger partial charge on any atom is -0.379 e. The lowest BCUT2D eigenvalue weighted by Crippen LogP contribution is -2.11. The summed E-state index contributed by atoms with van der Waals surface area (Å²) in [5, 5.41) is 3.57. The largest absolute Gasteiger partial charge is 0.379 e. The molecule has 0 saturated heterocycles. The summed E-state index contributed by atoms with van der Waals surface area (Å²) in [4.78, 5) is 2.18. The Morgan fingerprint density at radius 3 is 2.19 bits per heavy atom. The number of nitrogens with one attached hydrogen (secondary N) is 1. The van der Waals surface area contributed by atoms with Crippen LogP contribution in [0.25, 0.3) is 0 Å². The third-order valence-electron chi connectivity index (χ3n) is 3.87. The molecular weight excluding hydrogens is 256 g/mol. The van der Waals surface area contributed by atoms with Gasteiger partial charge >= 0.3 is 0 Å². The highest BCUT2D eigenvalue weighted by Crippen LogP contribution is 2.21. The van der Waals surface area contributed by atoms with Gasteiger partial charge in [0, 0.05) is 18.3 Å². The molecule has 0 spiro atoms. The molecule has 0 aliphatic heterocycles. The van der Waals surface area contributed by atoms with Gasteiger partial charge in [-0.25, -0.2) is 0 Å². The number of nitrogens with zero attached hydrogens (tertiary/aromatic N) is 1. The molecule has 2 aromatic carbocycles. The van der Waals surface area contributed by atoms with E-state index in [9.17, 15) is 0 Å². The summed E-state index contributed by atoms with van der Waals surface area (Å²) in [7, 11) is 4.18. The van der Waals surface area contributed by atoms with Crippen molar-refractivity contribution in [2.24, 2.45) is 0 Å². The van der Waals surface area contributed by atoms with Crippen LogP contribution in [0.2, 0.25) is 0 Å². The fraction of sp³-hybridized carbons (Fsp3) is 0.368. The molecule has 21 heavy (non-hydrogen) atoms. The Balaban J connectivity index is 2.04. The molecule has 2 aromatic rings. The molecule has 0 saturated carbocycles. The van der Waals surface area contributed by atoms with E-state index in [1.807, 2.05) is 0 Å². The lowest BCUT2D eigenvalue weighted by molar-refractivity contribution is 0.402. The van der Waals surface area contributed by atoms with Gasteiger partial charge in [-0.2, -0.15) is 0 Å². The first-order valence-corrected chi connectivity index (χ1v) is 7.53. The predicted molar refractivity (Wildman–Crippen MR) is 91.8 cm³/mol. The van der Waals surface area contributed by atoms with E-state index in [1.54, 1.807) is 0 Å². The van der Waals surface area contributed by atoms with Gasteiger partial charge in [0.15, 0.2) is 0 Å². The summed E-state index contributed by atoms with van der Waals surface area (Å²) in [6, 6.07) is 15.7. The SMILES string of the molecule is Cc1ccc(C(C)Nc2ccc(CN(C)C)cc2)cc1C. The summed E-state index contributed by atoms with van der Waals surface area (Å²) in [5.74, 6) is 0. The highest BCUT2D eigenvalue weighted by molar-refractivity contribution is 5.47. The molecule has 0 heterocycles. The number of hydrogen-bond donors (Lipinski definition) is 1. The van der Waals surface area contributed by atoms with Crippen LogP contribution in [0, 0.1) is 13.8 Å². The smallest absolute Gasteiger partial charge is 0.0485 e. The van der Waals surface area contributed by atoms with Crippen molar-refractivity contribution in [1.82, 2.24) is 4.90 Å². The van der Waals surface area contributed by atoms with Crippen molar-refractivity contribution in [1.29, 1.82) is 0 Å². The van der Waals surface area contributed by atoms with Crippen molar-refractivity contribution >= 4 is 5.69 Å². The number of aryl methyl sites for hydroxylation is 2. The minimum atomic E-state index is 0.309. The van der Waals surface area contributed by atoms with E-state index in [4.69, 9.17) is 0 Å². The standard InChI is InChI=1S/C19H26N2/c1-14-6-9-18(12-15(14)2)16(3)20-19-10-7-17(8-11-19)13-21(4)5/h6-12,16,20H,13H2,1-5H3. The normalized spacial score (nSPS) is 12.5. The molecule has 0 aliphatic rings. The first-order valence-electron chi connectivity index (χ1n) is 7.53. The Morgan fingerprint density at radius 1 is 0.952 bits per heavy atom. The molecule has 1 N–H and O–H groups in total. The summed E-state index contributed by atoms with van der Waals surface area (Å²) in [5.41, 5.74) is 6.53. The van der Waals surface area contributed by atoms with Crippen molar-refractivity contribution in [3.05, 3.63) is 64.7 Å². The third kappa shape index (κ3) is 4.33. The van der Waals surface area contributed by atoms with Crippen molar-refractivity contribution in [3.63, 3.8) is 0 Å². The molecule has 2 nitrogen and oxygen atoms in total. The molecule has 0 radical (unpaired) electrons. The average molecular weight is 282 g/mol. The molecule has 0 aliphatic carbocycles. The van der Waals surface area contributed by atoms with Crippen molar-refractivity contribution in [2.45, 2.75) is 33.4 Å². The highest BCUT2D eigenvalue weighted by atomic mass is 15.0. The van der Waals surface area contributed by atoms with Crippen LogP contribution >= 0.6 is 0 Å². The molecule has 1 atom stereocenters. The molecule has 112 valence electrons. The average Bonchev–Trinajstić information content (AvgIpc) is 2.43. The Bertz CT molecular complexity index is 585. The lowest BCUT2D eigenvalue weighted by Gasteiger charge is -2.17. The predicted octanol–water partition coefficient (Wildman–Crippen LogP) is 4.54. The quantitative estimate of drug-likeness (QED) is 0.866. The van der Waals surface area contributed by atoms with Crippen LogP contribution in [-0.4, -0.2) is 19.0 Å². The second-order valence-electron chi connectivity index (χ2n) is 6.14. The molecule has 2 heteroatoms. The fourth-order valence-corrected chi connectivity index (χ4v) is 2.44. The van der Waals surface area contributed by atoms with Gasteiger partial charge in [0.2, 0.25) is 0 Å². The zero-order valence-electron chi connectivity index (χ0n) is 13.8.